The molecule has 18 heavy (non-hydrogen) atoms. The van der Waals surface area contributed by atoms with Crippen LogP contribution in [0.15, 0.2) is 45.5 Å². The van der Waals surface area contributed by atoms with Crippen molar-refractivity contribution in [3.63, 3.8) is 0 Å². The third-order valence-electron chi connectivity index (χ3n) is 2.82. The second-order valence-corrected chi connectivity index (χ2v) is 4.93. The van der Waals surface area contributed by atoms with Crippen LogP contribution in [0, 0.1) is 0 Å². The molecule has 0 aliphatic heterocycles. The average molecular weight is 310 g/mol. The van der Waals surface area contributed by atoms with E-state index in [0.717, 1.165) is 28.1 Å². The topological polar surface area (TPSA) is 34.4 Å². The Bertz CT molecular complexity index is 497. The molecular weight excluding hydrogens is 294 g/mol. The minimum absolute atomic E-state index is 0.179. The molecule has 2 aromatic rings. The van der Waals surface area contributed by atoms with E-state index in [9.17, 15) is 0 Å². The fourth-order valence-corrected chi connectivity index (χ4v) is 2.10. The highest BCUT2D eigenvalue weighted by molar-refractivity contribution is 9.10. The first-order valence-corrected chi connectivity index (χ1v) is 6.59. The van der Waals surface area contributed by atoms with Gasteiger partial charge in [-0.1, -0.05) is 15.9 Å². The van der Waals surface area contributed by atoms with Gasteiger partial charge in [0.2, 0.25) is 0 Å². The molecule has 0 saturated carbocycles. The van der Waals surface area contributed by atoms with Crippen molar-refractivity contribution < 1.29 is 9.15 Å². The zero-order valence-corrected chi connectivity index (χ0v) is 12.0. The second-order valence-electron chi connectivity index (χ2n) is 4.08. The average Bonchev–Trinajstić information content (AvgIpc) is 2.91. The summed E-state index contributed by atoms with van der Waals surface area (Å²) in [5.74, 6) is 1.80. The quantitative estimate of drug-likeness (QED) is 0.909. The molecule has 1 aromatic heterocycles. The van der Waals surface area contributed by atoms with E-state index in [0.29, 0.717) is 0 Å². The maximum Gasteiger partial charge on any atom is 0.120 e. The Kier molecular flexibility index (Phi) is 4.44. The van der Waals surface area contributed by atoms with Gasteiger partial charge in [0.15, 0.2) is 0 Å². The lowest BCUT2D eigenvalue weighted by molar-refractivity contribution is 0.412. The monoisotopic (exact) mass is 309 g/mol. The molecule has 3 nitrogen and oxygen atoms in total. The highest BCUT2D eigenvalue weighted by atomic mass is 79.9. The van der Waals surface area contributed by atoms with E-state index in [1.807, 2.05) is 30.3 Å². The Hall–Kier alpha value is -1.26. The SMILES string of the molecule is COc1ccc(Br)c(CN[C@H](C)c2ccco2)c1. The molecule has 2 rings (SSSR count). The van der Waals surface area contributed by atoms with Crippen LogP contribution >= 0.6 is 15.9 Å². The van der Waals surface area contributed by atoms with Gasteiger partial charge in [-0.15, -0.1) is 0 Å². The lowest BCUT2D eigenvalue weighted by atomic mass is 10.2. The van der Waals surface area contributed by atoms with E-state index in [4.69, 9.17) is 9.15 Å². The van der Waals surface area contributed by atoms with Crippen LogP contribution in [0.3, 0.4) is 0 Å². The minimum Gasteiger partial charge on any atom is -0.497 e. The molecule has 0 aliphatic carbocycles. The summed E-state index contributed by atoms with van der Waals surface area (Å²) in [6.45, 7) is 2.83. The molecular formula is C14H16BrNO2. The highest BCUT2D eigenvalue weighted by Crippen LogP contribution is 2.23. The molecule has 0 radical (unpaired) electrons. The number of rotatable bonds is 5. The van der Waals surface area contributed by atoms with Crippen LogP contribution in [0.1, 0.15) is 24.3 Å². The number of ether oxygens (including phenoxy) is 1. The molecule has 0 bridgehead atoms. The summed E-state index contributed by atoms with van der Waals surface area (Å²) in [5.41, 5.74) is 1.16. The molecule has 0 fully saturated rings. The number of hydrogen-bond acceptors (Lipinski definition) is 3. The van der Waals surface area contributed by atoms with Gasteiger partial charge in [-0.3, -0.25) is 0 Å². The number of hydrogen-bond donors (Lipinski definition) is 1. The van der Waals surface area contributed by atoms with Crippen molar-refractivity contribution in [2.45, 2.75) is 19.5 Å². The summed E-state index contributed by atoms with van der Waals surface area (Å²) in [6.07, 6.45) is 1.69. The molecule has 1 heterocycles. The summed E-state index contributed by atoms with van der Waals surface area (Å²) in [4.78, 5) is 0. The van der Waals surface area contributed by atoms with Crippen molar-refractivity contribution in [1.82, 2.24) is 5.32 Å². The Morgan fingerprint density at radius 2 is 2.22 bits per heavy atom. The first kappa shape index (κ1) is 13.2. The predicted molar refractivity (Wildman–Crippen MR) is 74.7 cm³/mol. The zero-order valence-electron chi connectivity index (χ0n) is 10.4. The van der Waals surface area contributed by atoms with Gasteiger partial charge in [-0.2, -0.15) is 0 Å². The van der Waals surface area contributed by atoms with Crippen LogP contribution in [0.2, 0.25) is 0 Å². The molecule has 96 valence electrons. The van der Waals surface area contributed by atoms with Crippen LogP contribution in [0.5, 0.6) is 5.75 Å². The van der Waals surface area contributed by atoms with Gasteiger partial charge in [0.1, 0.15) is 11.5 Å². The summed E-state index contributed by atoms with van der Waals surface area (Å²) in [6, 6.07) is 9.99. The molecule has 0 amide bonds. The molecule has 1 aromatic carbocycles. The number of methoxy groups -OCH3 is 1. The first-order valence-electron chi connectivity index (χ1n) is 5.80. The summed E-state index contributed by atoms with van der Waals surface area (Å²) >= 11 is 3.54. The first-order chi connectivity index (χ1) is 8.70. The third-order valence-corrected chi connectivity index (χ3v) is 3.60. The fraction of sp³-hybridized carbons (Fsp3) is 0.286. The van der Waals surface area contributed by atoms with Crippen molar-refractivity contribution in [2.24, 2.45) is 0 Å². The molecule has 4 heteroatoms. The highest BCUT2D eigenvalue weighted by Gasteiger charge is 2.09. The van der Waals surface area contributed by atoms with Crippen LogP contribution in [-0.4, -0.2) is 7.11 Å². The van der Waals surface area contributed by atoms with Gasteiger partial charge >= 0.3 is 0 Å². The van der Waals surface area contributed by atoms with Gasteiger partial charge in [-0.05, 0) is 42.8 Å². The Balaban J connectivity index is 2.01. The maximum atomic E-state index is 5.36. The van der Waals surface area contributed by atoms with Crippen molar-refractivity contribution >= 4 is 15.9 Å². The summed E-state index contributed by atoms with van der Waals surface area (Å²) in [7, 11) is 1.67. The van der Waals surface area contributed by atoms with E-state index in [1.165, 1.54) is 0 Å². The molecule has 1 atom stereocenters. The van der Waals surface area contributed by atoms with Crippen LogP contribution in [0.4, 0.5) is 0 Å². The normalized spacial score (nSPS) is 12.4. The smallest absolute Gasteiger partial charge is 0.120 e. The standard InChI is InChI=1S/C14H16BrNO2/c1-10(14-4-3-7-18-14)16-9-11-8-12(17-2)5-6-13(11)15/h3-8,10,16H,9H2,1-2H3/t10-/m1/s1. The van der Waals surface area contributed by atoms with Crippen LogP contribution in [0.25, 0.3) is 0 Å². The van der Waals surface area contributed by atoms with Gasteiger partial charge in [0.05, 0.1) is 19.4 Å². The van der Waals surface area contributed by atoms with E-state index in [1.54, 1.807) is 13.4 Å². The van der Waals surface area contributed by atoms with Crippen molar-refractivity contribution in [1.29, 1.82) is 0 Å². The Morgan fingerprint density at radius 3 is 2.89 bits per heavy atom. The number of halogens is 1. The number of nitrogens with one attached hydrogen (secondary N) is 1. The van der Waals surface area contributed by atoms with E-state index >= 15 is 0 Å². The van der Waals surface area contributed by atoms with Gasteiger partial charge in [0.25, 0.3) is 0 Å². The van der Waals surface area contributed by atoms with Gasteiger partial charge < -0.3 is 14.5 Å². The van der Waals surface area contributed by atoms with Crippen molar-refractivity contribution in [3.05, 3.63) is 52.4 Å². The summed E-state index contributed by atoms with van der Waals surface area (Å²) in [5, 5.41) is 3.41. The van der Waals surface area contributed by atoms with E-state index in [2.05, 4.69) is 28.2 Å². The minimum atomic E-state index is 0.179. The molecule has 0 unspecified atom stereocenters. The summed E-state index contributed by atoms with van der Waals surface area (Å²) < 4.78 is 11.7. The Labute approximate surface area is 115 Å². The predicted octanol–water partition coefficient (Wildman–Crippen LogP) is 3.90. The fourth-order valence-electron chi connectivity index (χ4n) is 1.71. The second kappa shape index (κ2) is 6.07. The molecule has 1 N–H and O–H groups in total. The third kappa shape index (κ3) is 3.15. The van der Waals surface area contributed by atoms with Gasteiger partial charge in [-0.25, -0.2) is 0 Å². The number of benzene rings is 1. The lowest BCUT2D eigenvalue weighted by Gasteiger charge is -2.13. The lowest BCUT2D eigenvalue weighted by Crippen LogP contribution is -2.17. The van der Waals surface area contributed by atoms with Crippen LogP contribution in [-0.2, 0) is 6.54 Å². The Morgan fingerprint density at radius 1 is 1.39 bits per heavy atom. The van der Waals surface area contributed by atoms with E-state index in [-0.39, 0.29) is 6.04 Å². The molecule has 0 spiro atoms. The zero-order chi connectivity index (χ0) is 13.0. The molecule has 0 aliphatic rings. The molecule has 0 saturated heterocycles. The van der Waals surface area contributed by atoms with Gasteiger partial charge in [0, 0.05) is 11.0 Å². The largest absolute Gasteiger partial charge is 0.497 e. The number of furan rings is 1. The maximum absolute atomic E-state index is 5.36. The van der Waals surface area contributed by atoms with Crippen molar-refractivity contribution in [3.8, 4) is 5.75 Å². The van der Waals surface area contributed by atoms with Crippen molar-refractivity contribution in [2.75, 3.05) is 7.11 Å². The van der Waals surface area contributed by atoms with E-state index < -0.39 is 0 Å². The van der Waals surface area contributed by atoms with Crippen LogP contribution < -0.4 is 10.1 Å².